The van der Waals surface area contributed by atoms with Crippen molar-refractivity contribution < 1.29 is 0 Å². The van der Waals surface area contributed by atoms with E-state index in [0.717, 1.165) is 22.7 Å². The molecule has 0 bridgehead atoms. The number of hydrogen-bond donors (Lipinski definition) is 0. The Labute approximate surface area is 292 Å². The van der Waals surface area contributed by atoms with Crippen molar-refractivity contribution in [2.45, 2.75) is 0 Å². The molecule has 2 heteroatoms. The van der Waals surface area contributed by atoms with Gasteiger partial charge < -0.3 is 9.47 Å². The predicted octanol–water partition coefficient (Wildman–Crippen LogP) is 13.3. The number of rotatable bonds is 7. The second-order valence-electron chi connectivity index (χ2n) is 12.6. The maximum atomic E-state index is 2.41. The first-order valence-corrected chi connectivity index (χ1v) is 17.1. The molecule has 8 aromatic carbocycles. The Hall–Kier alpha value is -6.64. The summed E-state index contributed by atoms with van der Waals surface area (Å²) in [5.74, 6) is 0. The van der Waals surface area contributed by atoms with Gasteiger partial charge in [-0.05, 0) is 76.3 Å². The van der Waals surface area contributed by atoms with Crippen LogP contribution in [0.25, 0.3) is 60.9 Å². The van der Waals surface area contributed by atoms with E-state index in [2.05, 4.69) is 216 Å². The summed E-state index contributed by atoms with van der Waals surface area (Å²) in [5, 5.41) is 2.47. The standard InChI is InChI=1S/C48H34N2/c1-4-14-35(15-5-1)37-24-28-40(29-25-37)49(46-22-12-10-20-43(46)39-18-8-3-9-19-39)42-32-33-45-44-21-11-13-23-47(44)50(48(45)34-42)41-30-26-38(27-31-41)36-16-6-2-7-17-36/h1-34H. The molecule has 0 spiro atoms. The van der Waals surface area contributed by atoms with Gasteiger partial charge in [-0.2, -0.15) is 0 Å². The molecule has 1 aromatic heterocycles. The van der Waals surface area contributed by atoms with E-state index in [0.29, 0.717) is 0 Å². The summed E-state index contributed by atoms with van der Waals surface area (Å²) >= 11 is 0. The monoisotopic (exact) mass is 638 g/mol. The Kier molecular flexibility index (Phi) is 7.53. The average Bonchev–Trinajstić information content (AvgIpc) is 3.53. The molecule has 1 heterocycles. The second-order valence-corrected chi connectivity index (χ2v) is 12.6. The smallest absolute Gasteiger partial charge is 0.0561 e. The van der Waals surface area contributed by atoms with E-state index in [1.807, 2.05) is 0 Å². The summed E-state index contributed by atoms with van der Waals surface area (Å²) in [6.07, 6.45) is 0. The van der Waals surface area contributed by atoms with Gasteiger partial charge in [0, 0.05) is 33.4 Å². The summed E-state index contributed by atoms with van der Waals surface area (Å²) in [4.78, 5) is 2.40. The Balaban J connectivity index is 1.24. The maximum absolute atomic E-state index is 2.41. The molecule has 0 unspecified atom stereocenters. The summed E-state index contributed by atoms with van der Waals surface area (Å²) in [6, 6.07) is 74.1. The van der Waals surface area contributed by atoms with E-state index in [-0.39, 0.29) is 0 Å². The molecule has 0 aliphatic heterocycles. The van der Waals surface area contributed by atoms with Crippen molar-refractivity contribution in [3.05, 3.63) is 206 Å². The topological polar surface area (TPSA) is 8.17 Å². The maximum Gasteiger partial charge on any atom is 0.0561 e. The fourth-order valence-corrected chi connectivity index (χ4v) is 7.20. The van der Waals surface area contributed by atoms with Crippen LogP contribution in [0.5, 0.6) is 0 Å². The quantitative estimate of drug-likeness (QED) is 0.169. The molecule has 236 valence electrons. The molecule has 0 amide bonds. The van der Waals surface area contributed by atoms with Crippen LogP contribution in [-0.4, -0.2) is 4.57 Å². The third-order valence-corrected chi connectivity index (χ3v) is 9.61. The second kappa shape index (κ2) is 12.8. The van der Waals surface area contributed by atoms with E-state index in [9.17, 15) is 0 Å². The van der Waals surface area contributed by atoms with Crippen LogP contribution in [0.1, 0.15) is 0 Å². The number of para-hydroxylation sites is 2. The SMILES string of the molecule is c1ccc(-c2ccc(N(c3ccc4c5ccccc5n(-c5ccc(-c6ccccc6)cc5)c4c3)c3ccccc3-c3ccccc3)cc2)cc1. The van der Waals surface area contributed by atoms with Crippen molar-refractivity contribution in [1.29, 1.82) is 0 Å². The Bertz CT molecular complexity index is 2550. The highest BCUT2D eigenvalue weighted by Crippen LogP contribution is 2.43. The third-order valence-electron chi connectivity index (χ3n) is 9.61. The summed E-state index contributed by atoms with van der Waals surface area (Å²) in [7, 11) is 0. The van der Waals surface area contributed by atoms with Crippen molar-refractivity contribution in [3.63, 3.8) is 0 Å². The van der Waals surface area contributed by atoms with Crippen molar-refractivity contribution in [1.82, 2.24) is 4.57 Å². The first-order valence-electron chi connectivity index (χ1n) is 17.1. The summed E-state index contributed by atoms with van der Waals surface area (Å²) in [5.41, 5.74) is 14.0. The van der Waals surface area contributed by atoms with Crippen LogP contribution in [-0.2, 0) is 0 Å². The van der Waals surface area contributed by atoms with Crippen molar-refractivity contribution >= 4 is 38.9 Å². The number of aromatic nitrogens is 1. The molecule has 0 aliphatic rings. The van der Waals surface area contributed by atoms with Crippen LogP contribution in [0.15, 0.2) is 206 Å². The van der Waals surface area contributed by atoms with Crippen LogP contribution in [0.3, 0.4) is 0 Å². The van der Waals surface area contributed by atoms with Gasteiger partial charge in [-0.1, -0.05) is 158 Å². The Morgan fingerprint density at radius 3 is 1.46 bits per heavy atom. The van der Waals surface area contributed by atoms with Gasteiger partial charge in [0.25, 0.3) is 0 Å². The largest absolute Gasteiger partial charge is 0.310 e. The average molecular weight is 639 g/mol. The number of hydrogen-bond acceptors (Lipinski definition) is 1. The minimum Gasteiger partial charge on any atom is -0.310 e. The fraction of sp³-hybridized carbons (Fsp3) is 0. The van der Waals surface area contributed by atoms with Crippen molar-refractivity contribution in [2.24, 2.45) is 0 Å². The first-order chi connectivity index (χ1) is 24.8. The van der Waals surface area contributed by atoms with E-state index >= 15 is 0 Å². The lowest BCUT2D eigenvalue weighted by atomic mass is 10.0. The third kappa shape index (κ3) is 5.34. The number of anilines is 3. The molecule has 50 heavy (non-hydrogen) atoms. The molecular weight excluding hydrogens is 605 g/mol. The zero-order valence-corrected chi connectivity index (χ0v) is 27.5. The molecule has 0 radical (unpaired) electrons. The molecule has 0 fully saturated rings. The Morgan fingerprint density at radius 1 is 0.320 bits per heavy atom. The first kappa shape index (κ1) is 29.5. The summed E-state index contributed by atoms with van der Waals surface area (Å²) < 4.78 is 2.41. The van der Waals surface area contributed by atoms with Crippen molar-refractivity contribution in [3.8, 4) is 39.1 Å². The normalized spacial score (nSPS) is 11.2. The number of benzene rings is 8. The lowest BCUT2D eigenvalue weighted by Gasteiger charge is -2.28. The summed E-state index contributed by atoms with van der Waals surface area (Å²) in [6.45, 7) is 0. The van der Waals surface area contributed by atoms with Gasteiger partial charge >= 0.3 is 0 Å². The molecule has 0 aliphatic carbocycles. The van der Waals surface area contributed by atoms with Crippen LogP contribution in [0, 0.1) is 0 Å². The fourth-order valence-electron chi connectivity index (χ4n) is 7.20. The molecule has 2 nitrogen and oxygen atoms in total. The Morgan fingerprint density at radius 2 is 0.800 bits per heavy atom. The minimum atomic E-state index is 1.10. The van der Waals surface area contributed by atoms with E-state index < -0.39 is 0 Å². The van der Waals surface area contributed by atoms with Gasteiger partial charge in [0.15, 0.2) is 0 Å². The van der Waals surface area contributed by atoms with E-state index in [1.54, 1.807) is 0 Å². The van der Waals surface area contributed by atoms with Crippen molar-refractivity contribution in [2.75, 3.05) is 4.90 Å². The van der Waals surface area contributed by atoms with Crippen LogP contribution in [0.2, 0.25) is 0 Å². The zero-order valence-electron chi connectivity index (χ0n) is 27.5. The highest BCUT2D eigenvalue weighted by atomic mass is 15.1. The highest BCUT2D eigenvalue weighted by Gasteiger charge is 2.20. The van der Waals surface area contributed by atoms with Crippen LogP contribution >= 0.6 is 0 Å². The van der Waals surface area contributed by atoms with Gasteiger partial charge in [-0.25, -0.2) is 0 Å². The van der Waals surface area contributed by atoms with Gasteiger partial charge in [0.1, 0.15) is 0 Å². The minimum absolute atomic E-state index is 1.10. The lowest BCUT2D eigenvalue weighted by Crippen LogP contribution is -2.11. The number of nitrogens with zero attached hydrogens (tertiary/aromatic N) is 2. The van der Waals surface area contributed by atoms with Crippen LogP contribution in [0.4, 0.5) is 17.1 Å². The molecule has 9 aromatic rings. The molecule has 0 N–H and O–H groups in total. The molecule has 0 atom stereocenters. The van der Waals surface area contributed by atoms with Gasteiger partial charge in [-0.3, -0.25) is 0 Å². The van der Waals surface area contributed by atoms with Gasteiger partial charge in [-0.15, -0.1) is 0 Å². The number of fused-ring (bicyclic) bond motifs is 3. The van der Waals surface area contributed by atoms with Crippen LogP contribution < -0.4 is 4.90 Å². The molecule has 9 rings (SSSR count). The molecule has 0 saturated carbocycles. The van der Waals surface area contributed by atoms with Gasteiger partial charge in [0.2, 0.25) is 0 Å². The van der Waals surface area contributed by atoms with Gasteiger partial charge in [0.05, 0.1) is 16.7 Å². The van der Waals surface area contributed by atoms with E-state index in [4.69, 9.17) is 0 Å². The zero-order chi connectivity index (χ0) is 33.3. The molecule has 0 saturated heterocycles. The van der Waals surface area contributed by atoms with E-state index in [1.165, 1.54) is 55.2 Å². The predicted molar refractivity (Wildman–Crippen MR) is 212 cm³/mol. The molecular formula is C48H34N2. The lowest BCUT2D eigenvalue weighted by molar-refractivity contribution is 1.18. The highest BCUT2D eigenvalue weighted by molar-refractivity contribution is 6.10.